The summed E-state index contributed by atoms with van der Waals surface area (Å²) in [6.45, 7) is 5.01. The van der Waals surface area contributed by atoms with E-state index in [0.717, 1.165) is 12.8 Å². The number of halogens is 1. The SMILES string of the molecule is COC1(C)CCN(C2=C(C#N)C(=O)Cc3ccc(C)c(F)c32)CC1. The van der Waals surface area contributed by atoms with E-state index in [9.17, 15) is 14.4 Å². The summed E-state index contributed by atoms with van der Waals surface area (Å²) in [5, 5.41) is 9.49. The molecule has 0 aromatic heterocycles. The summed E-state index contributed by atoms with van der Waals surface area (Å²) in [5.41, 5.74) is 1.94. The Kier molecular flexibility index (Phi) is 4.18. The summed E-state index contributed by atoms with van der Waals surface area (Å²) < 4.78 is 20.4. The maximum absolute atomic E-state index is 14.8. The number of piperidine rings is 1. The number of fused-ring (bicyclic) bond motifs is 1. The monoisotopic (exact) mass is 328 g/mol. The Hall–Kier alpha value is -2.19. The average Bonchev–Trinajstić information content (AvgIpc) is 2.58. The second-order valence-corrected chi connectivity index (χ2v) is 6.81. The molecule has 3 rings (SSSR count). The lowest BCUT2D eigenvalue weighted by Crippen LogP contribution is -2.44. The third kappa shape index (κ3) is 2.61. The van der Waals surface area contributed by atoms with Gasteiger partial charge in [0.15, 0.2) is 5.78 Å². The molecule has 1 saturated heterocycles. The lowest BCUT2D eigenvalue weighted by Gasteiger charge is -2.41. The van der Waals surface area contributed by atoms with E-state index in [1.807, 2.05) is 11.0 Å². The van der Waals surface area contributed by atoms with E-state index in [1.165, 1.54) is 0 Å². The fourth-order valence-corrected chi connectivity index (χ4v) is 3.48. The van der Waals surface area contributed by atoms with E-state index < -0.39 is 0 Å². The predicted molar refractivity (Wildman–Crippen MR) is 88.6 cm³/mol. The minimum absolute atomic E-state index is 0.0769. The molecule has 0 saturated carbocycles. The van der Waals surface area contributed by atoms with E-state index in [4.69, 9.17) is 4.74 Å². The van der Waals surface area contributed by atoms with Crippen molar-refractivity contribution in [1.82, 2.24) is 4.90 Å². The number of Topliss-reactive ketones (excluding diaryl/α,β-unsaturated/α-hetero) is 1. The second kappa shape index (κ2) is 6.03. The lowest BCUT2D eigenvalue weighted by atomic mass is 9.85. The quantitative estimate of drug-likeness (QED) is 0.837. The van der Waals surface area contributed by atoms with Crippen LogP contribution in [0.5, 0.6) is 0 Å². The Bertz CT molecular complexity index is 768. The molecule has 4 nitrogen and oxygen atoms in total. The Morgan fingerprint density at radius 1 is 1.33 bits per heavy atom. The van der Waals surface area contributed by atoms with Crippen molar-refractivity contribution in [3.63, 3.8) is 0 Å². The molecule has 0 radical (unpaired) electrons. The first-order valence-corrected chi connectivity index (χ1v) is 8.16. The van der Waals surface area contributed by atoms with Gasteiger partial charge in [0.05, 0.1) is 11.3 Å². The van der Waals surface area contributed by atoms with Crippen LogP contribution in [0.4, 0.5) is 4.39 Å². The van der Waals surface area contributed by atoms with Crippen LogP contribution in [0.2, 0.25) is 0 Å². The van der Waals surface area contributed by atoms with Crippen molar-refractivity contribution in [2.45, 2.75) is 38.7 Å². The Morgan fingerprint density at radius 2 is 2.00 bits per heavy atom. The maximum atomic E-state index is 14.8. The highest BCUT2D eigenvalue weighted by atomic mass is 19.1. The van der Waals surface area contributed by atoms with Crippen LogP contribution in [0.25, 0.3) is 5.70 Å². The van der Waals surface area contributed by atoms with Gasteiger partial charge in [-0.2, -0.15) is 5.26 Å². The van der Waals surface area contributed by atoms with Gasteiger partial charge < -0.3 is 9.64 Å². The molecule has 1 aromatic rings. The molecule has 1 aliphatic carbocycles. The first kappa shape index (κ1) is 16.7. The number of rotatable bonds is 2. The van der Waals surface area contributed by atoms with Crippen LogP contribution in [0, 0.1) is 24.1 Å². The molecular weight excluding hydrogens is 307 g/mol. The number of carbonyl (C=O) groups excluding carboxylic acids is 1. The molecular formula is C19H21FN2O2. The number of aryl methyl sites for hydroxylation is 1. The number of nitrogens with zero attached hydrogens (tertiary/aromatic N) is 2. The summed E-state index contributed by atoms with van der Waals surface area (Å²) in [7, 11) is 1.69. The average molecular weight is 328 g/mol. The van der Waals surface area contributed by atoms with E-state index in [2.05, 4.69) is 6.92 Å². The molecule has 5 heteroatoms. The van der Waals surface area contributed by atoms with Gasteiger partial charge in [-0.15, -0.1) is 0 Å². The van der Waals surface area contributed by atoms with Gasteiger partial charge in [0.2, 0.25) is 0 Å². The zero-order valence-electron chi connectivity index (χ0n) is 14.3. The van der Waals surface area contributed by atoms with Gasteiger partial charge in [-0.25, -0.2) is 4.39 Å². The summed E-state index contributed by atoms with van der Waals surface area (Å²) in [4.78, 5) is 14.3. The van der Waals surface area contributed by atoms with Crippen molar-refractivity contribution in [2.24, 2.45) is 0 Å². The van der Waals surface area contributed by atoms with Crippen LogP contribution in [0.1, 0.15) is 36.5 Å². The minimum Gasteiger partial charge on any atom is -0.378 e. The fourth-order valence-electron chi connectivity index (χ4n) is 3.48. The summed E-state index contributed by atoms with van der Waals surface area (Å²) in [6.07, 6.45) is 1.62. The molecule has 1 aliphatic heterocycles. The van der Waals surface area contributed by atoms with Crippen molar-refractivity contribution >= 4 is 11.5 Å². The highest BCUT2D eigenvalue weighted by molar-refractivity contribution is 6.10. The third-order valence-electron chi connectivity index (χ3n) is 5.27. The lowest BCUT2D eigenvalue weighted by molar-refractivity contribution is -0.114. The second-order valence-electron chi connectivity index (χ2n) is 6.81. The normalized spacial score (nSPS) is 20.0. The molecule has 126 valence electrons. The molecule has 0 atom stereocenters. The highest BCUT2D eigenvalue weighted by Crippen LogP contribution is 2.38. The van der Waals surface area contributed by atoms with Crippen LogP contribution in [0.3, 0.4) is 0 Å². The smallest absolute Gasteiger partial charge is 0.179 e. The molecule has 1 aromatic carbocycles. The number of carbonyl (C=O) groups is 1. The fraction of sp³-hybridized carbons (Fsp3) is 0.474. The highest BCUT2D eigenvalue weighted by Gasteiger charge is 2.36. The molecule has 2 aliphatic rings. The molecule has 0 unspecified atom stereocenters. The van der Waals surface area contributed by atoms with E-state index in [0.29, 0.717) is 35.5 Å². The molecule has 1 fully saturated rings. The van der Waals surface area contributed by atoms with Crippen molar-refractivity contribution in [3.05, 3.63) is 40.2 Å². The molecule has 0 amide bonds. The van der Waals surface area contributed by atoms with Gasteiger partial charge >= 0.3 is 0 Å². The minimum atomic E-state index is -0.331. The number of hydrogen-bond donors (Lipinski definition) is 0. The van der Waals surface area contributed by atoms with Crippen molar-refractivity contribution < 1.29 is 13.9 Å². The summed E-state index contributed by atoms with van der Waals surface area (Å²) in [6, 6.07) is 5.50. The Balaban J connectivity index is 2.09. The number of allylic oxidation sites excluding steroid dienone is 1. The molecule has 0 bridgehead atoms. The third-order valence-corrected chi connectivity index (χ3v) is 5.27. The number of hydrogen-bond acceptors (Lipinski definition) is 4. The van der Waals surface area contributed by atoms with Crippen molar-refractivity contribution in [3.8, 4) is 6.07 Å². The van der Waals surface area contributed by atoms with Gasteiger partial charge in [-0.1, -0.05) is 12.1 Å². The number of ketones is 1. The maximum Gasteiger partial charge on any atom is 0.179 e. The number of methoxy groups -OCH3 is 1. The van der Waals surface area contributed by atoms with Gasteiger partial charge in [-0.3, -0.25) is 4.79 Å². The number of benzene rings is 1. The van der Waals surface area contributed by atoms with Gasteiger partial charge in [0, 0.05) is 32.2 Å². The predicted octanol–water partition coefficient (Wildman–Crippen LogP) is 2.99. The van der Waals surface area contributed by atoms with E-state index in [-0.39, 0.29) is 29.2 Å². The van der Waals surface area contributed by atoms with Crippen LogP contribution < -0.4 is 0 Å². The van der Waals surface area contributed by atoms with Crippen LogP contribution in [0.15, 0.2) is 17.7 Å². The summed E-state index contributed by atoms with van der Waals surface area (Å²) in [5.74, 6) is -0.564. The van der Waals surface area contributed by atoms with Gasteiger partial charge in [0.1, 0.15) is 17.5 Å². The van der Waals surface area contributed by atoms with Crippen molar-refractivity contribution in [2.75, 3.05) is 20.2 Å². The van der Waals surface area contributed by atoms with E-state index >= 15 is 0 Å². The Labute approximate surface area is 141 Å². The largest absolute Gasteiger partial charge is 0.378 e. The number of nitriles is 1. The molecule has 1 heterocycles. The molecule has 0 N–H and O–H groups in total. The molecule has 24 heavy (non-hydrogen) atoms. The van der Waals surface area contributed by atoms with Crippen LogP contribution in [-0.2, 0) is 16.0 Å². The van der Waals surface area contributed by atoms with Crippen molar-refractivity contribution in [1.29, 1.82) is 5.26 Å². The van der Waals surface area contributed by atoms with E-state index in [1.54, 1.807) is 26.2 Å². The molecule has 0 spiro atoms. The van der Waals surface area contributed by atoms with Crippen LogP contribution in [-0.4, -0.2) is 36.5 Å². The topological polar surface area (TPSA) is 53.3 Å². The Morgan fingerprint density at radius 3 is 2.58 bits per heavy atom. The first-order valence-electron chi connectivity index (χ1n) is 8.16. The van der Waals surface area contributed by atoms with Gasteiger partial charge in [0.25, 0.3) is 0 Å². The van der Waals surface area contributed by atoms with Gasteiger partial charge in [-0.05, 0) is 37.8 Å². The number of ether oxygens (including phenoxy) is 1. The zero-order valence-corrected chi connectivity index (χ0v) is 14.3. The van der Waals surface area contributed by atoms with Crippen LogP contribution >= 0.6 is 0 Å². The first-order chi connectivity index (χ1) is 11.4. The standard InChI is InChI=1S/C19H21FN2O2/c1-12-4-5-13-10-15(23)14(11-21)18(16(13)17(12)20)22-8-6-19(2,24-3)7-9-22/h4-5H,6-10H2,1-3H3. The summed E-state index contributed by atoms with van der Waals surface area (Å²) >= 11 is 0. The zero-order chi connectivity index (χ0) is 17.5. The number of likely N-dealkylation sites (tertiary alicyclic amines) is 1.